The van der Waals surface area contributed by atoms with Crippen molar-refractivity contribution in [2.24, 2.45) is 0 Å². The lowest BCUT2D eigenvalue weighted by molar-refractivity contribution is -0.147. The van der Waals surface area contributed by atoms with Gasteiger partial charge in [-0.3, -0.25) is 9.59 Å². The van der Waals surface area contributed by atoms with Crippen LogP contribution in [0.3, 0.4) is 0 Å². The van der Waals surface area contributed by atoms with Gasteiger partial charge in [0.05, 0.1) is 25.8 Å². The van der Waals surface area contributed by atoms with Crippen LogP contribution in [0.4, 0.5) is 14.5 Å². The first-order valence-electron chi connectivity index (χ1n) is 7.66. The summed E-state index contributed by atoms with van der Waals surface area (Å²) in [5, 5.41) is 2.18. The number of methoxy groups -OCH3 is 1. The summed E-state index contributed by atoms with van der Waals surface area (Å²) in [5.74, 6) is -2.07. The van der Waals surface area contributed by atoms with Gasteiger partial charge in [0.25, 0.3) is 5.91 Å². The summed E-state index contributed by atoms with van der Waals surface area (Å²) in [6.07, 6.45) is -0.0871. The highest BCUT2D eigenvalue weighted by molar-refractivity contribution is 5.92. The summed E-state index contributed by atoms with van der Waals surface area (Å²) in [7, 11) is 1.50. The fourth-order valence-electron chi connectivity index (χ4n) is 1.98. The molecule has 2 aromatic carbocycles. The van der Waals surface area contributed by atoms with Crippen molar-refractivity contribution >= 4 is 17.6 Å². The molecule has 0 aromatic heterocycles. The third kappa shape index (κ3) is 5.73. The topological polar surface area (TPSA) is 73.9 Å². The van der Waals surface area contributed by atoms with Crippen molar-refractivity contribution in [2.75, 3.05) is 25.6 Å². The lowest BCUT2D eigenvalue weighted by atomic mass is 10.3. The fourth-order valence-corrected chi connectivity index (χ4v) is 1.98. The molecule has 0 atom stereocenters. The van der Waals surface area contributed by atoms with Gasteiger partial charge in [-0.05, 0) is 24.3 Å². The van der Waals surface area contributed by atoms with Gasteiger partial charge < -0.3 is 19.5 Å². The molecule has 0 bridgehead atoms. The minimum atomic E-state index is -0.921. The smallest absolute Gasteiger partial charge is 0.309 e. The number of carbonyl (C=O) groups excluding carboxylic acids is 2. The van der Waals surface area contributed by atoms with E-state index in [2.05, 4.69) is 5.32 Å². The molecular weight excluding hydrogens is 348 g/mol. The average molecular weight is 365 g/mol. The molecule has 0 heterocycles. The third-order valence-corrected chi connectivity index (χ3v) is 3.20. The Bertz CT molecular complexity index is 782. The molecule has 0 unspecified atom stereocenters. The first-order valence-corrected chi connectivity index (χ1v) is 7.66. The zero-order valence-corrected chi connectivity index (χ0v) is 14.0. The summed E-state index contributed by atoms with van der Waals surface area (Å²) in [5.41, 5.74) is -0.202. The number of amides is 1. The summed E-state index contributed by atoms with van der Waals surface area (Å²) in [4.78, 5) is 23.3. The number of ether oxygens (including phenoxy) is 3. The molecule has 0 saturated carbocycles. The van der Waals surface area contributed by atoms with E-state index in [-0.39, 0.29) is 18.7 Å². The highest BCUT2D eigenvalue weighted by Crippen LogP contribution is 2.25. The van der Waals surface area contributed by atoms with E-state index in [9.17, 15) is 18.4 Å². The van der Waals surface area contributed by atoms with Crippen LogP contribution in [0, 0.1) is 11.6 Å². The summed E-state index contributed by atoms with van der Waals surface area (Å²) < 4.78 is 41.5. The van der Waals surface area contributed by atoms with Gasteiger partial charge in [-0.2, -0.15) is 0 Å². The monoisotopic (exact) mass is 365 g/mol. The maximum Gasteiger partial charge on any atom is 0.309 e. The third-order valence-electron chi connectivity index (χ3n) is 3.20. The van der Waals surface area contributed by atoms with E-state index >= 15 is 0 Å². The predicted octanol–water partition coefficient (Wildman–Crippen LogP) is 2.92. The van der Waals surface area contributed by atoms with Gasteiger partial charge in [0.1, 0.15) is 11.6 Å². The number of rotatable bonds is 8. The van der Waals surface area contributed by atoms with Crippen LogP contribution >= 0.6 is 0 Å². The van der Waals surface area contributed by atoms with E-state index in [1.54, 1.807) is 24.3 Å². The molecule has 0 aliphatic carbocycles. The lowest BCUT2D eigenvalue weighted by Gasteiger charge is -2.10. The number of hydrogen-bond donors (Lipinski definition) is 1. The van der Waals surface area contributed by atoms with Crippen LogP contribution in [0.25, 0.3) is 0 Å². The number of hydrogen-bond acceptors (Lipinski definition) is 5. The predicted molar refractivity (Wildman–Crippen MR) is 89.1 cm³/mol. The van der Waals surface area contributed by atoms with Crippen LogP contribution in [0.5, 0.6) is 11.5 Å². The van der Waals surface area contributed by atoms with Crippen molar-refractivity contribution in [1.29, 1.82) is 0 Å². The zero-order chi connectivity index (χ0) is 18.9. The lowest BCUT2D eigenvalue weighted by Crippen LogP contribution is -2.22. The molecule has 6 nitrogen and oxygen atoms in total. The Balaban J connectivity index is 1.72. The van der Waals surface area contributed by atoms with E-state index in [0.29, 0.717) is 17.6 Å². The van der Waals surface area contributed by atoms with Gasteiger partial charge in [-0.25, -0.2) is 8.78 Å². The summed E-state index contributed by atoms with van der Waals surface area (Å²) >= 11 is 0. The van der Waals surface area contributed by atoms with Gasteiger partial charge in [0.15, 0.2) is 18.1 Å². The molecule has 8 heteroatoms. The molecular formula is C18H17F2NO5. The normalized spacial score (nSPS) is 10.1. The first-order chi connectivity index (χ1) is 12.5. The summed E-state index contributed by atoms with van der Waals surface area (Å²) in [6, 6.07) is 9.65. The van der Waals surface area contributed by atoms with Gasteiger partial charge in [-0.15, -0.1) is 0 Å². The Morgan fingerprint density at radius 1 is 1.08 bits per heavy atom. The van der Waals surface area contributed by atoms with Crippen molar-refractivity contribution in [3.63, 3.8) is 0 Å². The Kier molecular flexibility index (Phi) is 6.90. The van der Waals surface area contributed by atoms with Crippen LogP contribution in [0.2, 0.25) is 0 Å². The molecule has 1 N–H and O–H groups in total. The maximum absolute atomic E-state index is 13.4. The minimum absolute atomic E-state index is 0.0351. The average Bonchev–Trinajstić information content (AvgIpc) is 2.63. The Hall–Kier alpha value is -3.16. The van der Waals surface area contributed by atoms with E-state index in [1.807, 2.05) is 0 Å². The molecule has 0 fully saturated rings. The SMILES string of the molecule is COc1ccccc1OCCC(=O)OCC(=O)Nc1ccc(F)cc1F. The molecule has 0 aliphatic rings. The van der Waals surface area contributed by atoms with Crippen LogP contribution in [0.1, 0.15) is 6.42 Å². The Labute approximate surface area is 148 Å². The van der Waals surface area contributed by atoms with E-state index in [1.165, 1.54) is 7.11 Å². The zero-order valence-electron chi connectivity index (χ0n) is 14.0. The second-order valence-electron chi connectivity index (χ2n) is 5.08. The molecule has 0 aliphatic heterocycles. The highest BCUT2D eigenvalue weighted by Gasteiger charge is 2.11. The molecule has 2 rings (SSSR count). The van der Waals surface area contributed by atoms with Gasteiger partial charge in [-0.1, -0.05) is 12.1 Å². The van der Waals surface area contributed by atoms with Gasteiger partial charge in [0, 0.05) is 6.07 Å². The second-order valence-corrected chi connectivity index (χ2v) is 5.08. The fraction of sp³-hybridized carbons (Fsp3) is 0.222. The molecule has 2 aromatic rings. The van der Waals surface area contributed by atoms with Crippen LogP contribution in [-0.2, 0) is 14.3 Å². The summed E-state index contributed by atoms with van der Waals surface area (Å²) in [6.45, 7) is -0.558. The highest BCUT2D eigenvalue weighted by atomic mass is 19.1. The van der Waals surface area contributed by atoms with Gasteiger partial charge in [0.2, 0.25) is 0 Å². The quantitative estimate of drug-likeness (QED) is 0.728. The van der Waals surface area contributed by atoms with Crippen molar-refractivity contribution in [3.05, 3.63) is 54.1 Å². The van der Waals surface area contributed by atoms with E-state index < -0.39 is 30.1 Å². The number of nitrogens with one attached hydrogen (secondary N) is 1. The second kappa shape index (κ2) is 9.36. The Morgan fingerprint density at radius 2 is 1.81 bits per heavy atom. The van der Waals surface area contributed by atoms with Crippen LogP contribution in [0.15, 0.2) is 42.5 Å². The van der Waals surface area contributed by atoms with Crippen molar-refractivity contribution < 1.29 is 32.6 Å². The number of halogens is 2. The molecule has 1 amide bonds. The molecule has 0 spiro atoms. The van der Waals surface area contributed by atoms with E-state index in [0.717, 1.165) is 12.1 Å². The van der Waals surface area contributed by atoms with Crippen LogP contribution in [-0.4, -0.2) is 32.2 Å². The minimum Gasteiger partial charge on any atom is -0.493 e. The number of carbonyl (C=O) groups is 2. The van der Waals surface area contributed by atoms with Crippen molar-refractivity contribution in [2.45, 2.75) is 6.42 Å². The first kappa shape index (κ1) is 19.2. The van der Waals surface area contributed by atoms with Gasteiger partial charge >= 0.3 is 5.97 Å². The molecule has 0 saturated heterocycles. The number of anilines is 1. The van der Waals surface area contributed by atoms with Crippen molar-refractivity contribution in [3.8, 4) is 11.5 Å². The molecule has 26 heavy (non-hydrogen) atoms. The number of para-hydroxylation sites is 2. The number of benzene rings is 2. The molecule has 138 valence electrons. The number of esters is 1. The standard InChI is InChI=1S/C18H17F2NO5/c1-24-15-4-2-3-5-16(15)25-9-8-18(23)26-11-17(22)21-14-7-6-12(19)10-13(14)20/h2-7,10H,8-9,11H2,1H3,(H,21,22). The van der Waals surface area contributed by atoms with Crippen LogP contribution < -0.4 is 14.8 Å². The van der Waals surface area contributed by atoms with Crippen molar-refractivity contribution in [1.82, 2.24) is 0 Å². The van der Waals surface area contributed by atoms with E-state index in [4.69, 9.17) is 14.2 Å². The Morgan fingerprint density at radius 3 is 2.50 bits per heavy atom. The molecule has 0 radical (unpaired) electrons. The maximum atomic E-state index is 13.4. The largest absolute Gasteiger partial charge is 0.493 e.